The van der Waals surface area contributed by atoms with Gasteiger partial charge in [-0.25, -0.2) is 8.42 Å². The quantitative estimate of drug-likeness (QED) is 0.789. The van der Waals surface area contributed by atoms with E-state index in [9.17, 15) is 13.5 Å². The van der Waals surface area contributed by atoms with Crippen LogP contribution in [0.3, 0.4) is 0 Å². The lowest BCUT2D eigenvalue weighted by Crippen LogP contribution is -2.32. The lowest BCUT2D eigenvalue weighted by atomic mass is 10.1. The zero-order valence-electron chi connectivity index (χ0n) is 15.8. The second-order valence-electron chi connectivity index (χ2n) is 7.39. The standard InChI is InChI=1S/C21H27NO4S/c1-16-12-17(13-22(16)14-21(23)18-6-4-3-5-7-18)15-26-19-8-10-20(11-9-19)27(2,24)25/h3-11,16-17,21,23H,12-15H2,1-2H3/t16-,17+,21+/m1/s1. The van der Waals surface area contributed by atoms with Gasteiger partial charge in [0.15, 0.2) is 9.84 Å². The van der Waals surface area contributed by atoms with E-state index in [1.807, 2.05) is 30.3 Å². The number of hydrogen-bond acceptors (Lipinski definition) is 5. The maximum atomic E-state index is 11.5. The summed E-state index contributed by atoms with van der Waals surface area (Å²) in [5, 5.41) is 10.5. The molecule has 0 aromatic heterocycles. The molecule has 0 spiro atoms. The van der Waals surface area contributed by atoms with Crippen LogP contribution in [0.5, 0.6) is 5.75 Å². The molecule has 3 rings (SSSR count). The van der Waals surface area contributed by atoms with E-state index in [0.29, 0.717) is 35.8 Å². The summed E-state index contributed by atoms with van der Waals surface area (Å²) >= 11 is 0. The number of sulfone groups is 1. The lowest BCUT2D eigenvalue weighted by Gasteiger charge is -2.24. The van der Waals surface area contributed by atoms with Crippen molar-refractivity contribution >= 4 is 9.84 Å². The number of hydrogen-bond donors (Lipinski definition) is 1. The second kappa shape index (κ2) is 8.42. The van der Waals surface area contributed by atoms with Gasteiger partial charge < -0.3 is 9.84 Å². The molecular formula is C21H27NO4S. The van der Waals surface area contributed by atoms with Crippen LogP contribution in [0.15, 0.2) is 59.5 Å². The van der Waals surface area contributed by atoms with E-state index in [0.717, 1.165) is 18.5 Å². The van der Waals surface area contributed by atoms with Crippen molar-refractivity contribution in [2.45, 2.75) is 30.4 Å². The smallest absolute Gasteiger partial charge is 0.175 e. The van der Waals surface area contributed by atoms with Gasteiger partial charge in [0.25, 0.3) is 0 Å². The first-order valence-electron chi connectivity index (χ1n) is 9.23. The highest BCUT2D eigenvalue weighted by Gasteiger charge is 2.30. The number of benzene rings is 2. The van der Waals surface area contributed by atoms with Gasteiger partial charge in [0, 0.05) is 31.3 Å². The predicted molar refractivity (Wildman–Crippen MR) is 106 cm³/mol. The third kappa shape index (κ3) is 5.31. The average Bonchev–Trinajstić information content (AvgIpc) is 3.00. The van der Waals surface area contributed by atoms with Crippen LogP contribution >= 0.6 is 0 Å². The summed E-state index contributed by atoms with van der Waals surface area (Å²) in [5.41, 5.74) is 0.940. The van der Waals surface area contributed by atoms with Crippen LogP contribution in [0.25, 0.3) is 0 Å². The molecule has 6 heteroatoms. The molecule has 1 N–H and O–H groups in total. The Morgan fingerprint density at radius 3 is 2.44 bits per heavy atom. The number of aliphatic hydroxyl groups excluding tert-OH is 1. The van der Waals surface area contributed by atoms with E-state index in [2.05, 4.69) is 11.8 Å². The molecule has 2 aromatic rings. The lowest BCUT2D eigenvalue weighted by molar-refractivity contribution is 0.107. The van der Waals surface area contributed by atoms with E-state index >= 15 is 0 Å². The van der Waals surface area contributed by atoms with E-state index in [4.69, 9.17) is 4.74 Å². The van der Waals surface area contributed by atoms with Crippen LogP contribution in [0.4, 0.5) is 0 Å². The Kier molecular flexibility index (Phi) is 6.19. The van der Waals surface area contributed by atoms with Crippen molar-refractivity contribution in [3.8, 4) is 5.75 Å². The minimum absolute atomic E-state index is 0.297. The third-order valence-electron chi connectivity index (χ3n) is 5.12. The van der Waals surface area contributed by atoms with Gasteiger partial charge in [-0.2, -0.15) is 0 Å². The van der Waals surface area contributed by atoms with Crippen molar-refractivity contribution in [3.05, 3.63) is 60.2 Å². The molecule has 2 aromatic carbocycles. The molecule has 27 heavy (non-hydrogen) atoms. The first-order valence-corrected chi connectivity index (χ1v) is 11.1. The van der Waals surface area contributed by atoms with E-state index < -0.39 is 15.9 Å². The first-order chi connectivity index (χ1) is 12.8. The largest absolute Gasteiger partial charge is 0.493 e. The first kappa shape index (κ1) is 19.9. The average molecular weight is 390 g/mol. The summed E-state index contributed by atoms with van der Waals surface area (Å²) in [6.45, 7) is 4.26. The maximum Gasteiger partial charge on any atom is 0.175 e. The molecule has 0 amide bonds. The number of likely N-dealkylation sites (tertiary alicyclic amines) is 1. The fourth-order valence-electron chi connectivity index (χ4n) is 3.59. The normalized spacial score (nSPS) is 21.9. The molecule has 146 valence electrons. The van der Waals surface area contributed by atoms with Crippen LogP contribution < -0.4 is 4.74 Å². The van der Waals surface area contributed by atoms with Gasteiger partial charge in [0.05, 0.1) is 17.6 Å². The number of aliphatic hydroxyl groups is 1. The zero-order chi connectivity index (χ0) is 19.4. The van der Waals surface area contributed by atoms with Crippen molar-refractivity contribution in [2.24, 2.45) is 5.92 Å². The summed E-state index contributed by atoms with van der Waals surface area (Å²) in [5.74, 6) is 1.07. The Morgan fingerprint density at radius 1 is 1.15 bits per heavy atom. The molecule has 1 aliphatic heterocycles. The minimum Gasteiger partial charge on any atom is -0.493 e. The molecule has 1 heterocycles. The monoisotopic (exact) mass is 389 g/mol. The van der Waals surface area contributed by atoms with Gasteiger partial charge in [0.2, 0.25) is 0 Å². The SMILES string of the molecule is C[C@@H]1C[C@H](COc2ccc(S(C)(=O)=O)cc2)CN1C[C@H](O)c1ccccc1. The Morgan fingerprint density at radius 2 is 1.81 bits per heavy atom. The number of β-amino-alcohol motifs (C(OH)–C–C–N with tert-alkyl or cyclic N) is 1. The van der Waals surface area contributed by atoms with Crippen molar-refractivity contribution < 1.29 is 18.3 Å². The fraction of sp³-hybridized carbons (Fsp3) is 0.429. The van der Waals surface area contributed by atoms with E-state index in [1.54, 1.807) is 24.3 Å². The highest BCUT2D eigenvalue weighted by molar-refractivity contribution is 7.90. The molecule has 0 aliphatic carbocycles. The van der Waals surface area contributed by atoms with Gasteiger partial charge in [-0.05, 0) is 43.2 Å². The predicted octanol–water partition coefficient (Wildman–Crippen LogP) is 2.91. The summed E-state index contributed by atoms with van der Waals surface area (Å²) in [6, 6.07) is 16.7. The highest BCUT2D eigenvalue weighted by Crippen LogP contribution is 2.27. The zero-order valence-corrected chi connectivity index (χ0v) is 16.6. The highest BCUT2D eigenvalue weighted by atomic mass is 32.2. The topological polar surface area (TPSA) is 66.8 Å². The van der Waals surface area contributed by atoms with Crippen molar-refractivity contribution in [3.63, 3.8) is 0 Å². The molecule has 0 unspecified atom stereocenters. The van der Waals surface area contributed by atoms with Gasteiger partial charge in [-0.3, -0.25) is 4.90 Å². The number of nitrogens with zero attached hydrogens (tertiary/aromatic N) is 1. The fourth-order valence-corrected chi connectivity index (χ4v) is 4.22. The Hall–Kier alpha value is -1.89. The van der Waals surface area contributed by atoms with Gasteiger partial charge in [-0.1, -0.05) is 30.3 Å². The van der Waals surface area contributed by atoms with Crippen LogP contribution in [0, 0.1) is 5.92 Å². The Bertz CT molecular complexity index is 836. The molecule has 0 radical (unpaired) electrons. The second-order valence-corrected chi connectivity index (χ2v) is 9.40. The molecule has 0 saturated carbocycles. The summed E-state index contributed by atoms with van der Waals surface area (Å²) in [4.78, 5) is 2.60. The number of ether oxygens (including phenoxy) is 1. The molecule has 0 bridgehead atoms. The van der Waals surface area contributed by atoms with Gasteiger partial charge in [0.1, 0.15) is 5.75 Å². The molecule has 1 saturated heterocycles. The van der Waals surface area contributed by atoms with Crippen LogP contribution in [0.2, 0.25) is 0 Å². The van der Waals surface area contributed by atoms with Crippen LogP contribution in [-0.4, -0.2) is 50.4 Å². The Balaban J connectivity index is 1.51. The summed E-state index contributed by atoms with van der Waals surface area (Å²) < 4.78 is 28.9. The van der Waals surface area contributed by atoms with Crippen molar-refractivity contribution in [1.29, 1.82) is 0 Å². The third-order valence-corrected chi connectivity index (χ3v) is 6.25. The minimum atomic E-state index is -3.19. The molecule has 3 atom stereocenters. The van der Waals surface area contributed by atoms with Crippen LogP contribution in [0.1, 0.15) is 25.0 Å². The van der Waals surface area contributed by atoms with E-state index in [-0.39, 0.29) is 0 Å². The van der Waals surface area contributed by atoms with Crippen molar-refractivity contribution in [1.82, 2.24) is 4.90 Å². The molecular weight excluding hydrogens is 362 g/mol. The van der Waals surface area contributed by atoms with Gasteiger partial charge >= 0.3 is 0 Å². The van der Waals surface area contributed by atoms with Crippen molar-refractivity contribution in [2.75, 3.05) is 26.0 Å². The summed E-state index contributed by atoms with van der Waals surface area (Å²) in [6.07, 6.45) is 1.72. The Labute approximate surface area is 161 Å². The summed E-state index contributed by atoms with van der Waals surface area (Å²) in [7, 11) is -3.19. The van der Waals surface area contributed by atoms with Gasteiger partial charge in [-0.15, -0.1) is 0 Å². The molecule has 1 aliphatic rings. The molecule has 5 nitrogen and oxygen atoms in total. The van der Waals surface area contributed by atoms with E-state index in [1.165, 1.54) is 6.26 Å². The molecule has 1 fully saturated rings. The van der Waals surface area contributed by atoms with Crippen LogP contribution in [-0.2, 0) is 9.84 Å². The number of rotatable bonds is 7. The maximum absolute atomic E-state index is 11.5.